The molecule has 0 aliphatic heterocycles. The number of aryl methyl sites for hydroxylation is 2. The summed E-state index contributed by atoms with van der Waals surface area (Å²) < 4.78 is 5.19. The van der Waals surface area contributed by atoms with E-state index < -0.39 is 5.54 Å². The number of nitrogens with zero attached hydrogens (tertiary/aromatic N) is 3. The topological polar surface area (TPSA) is 74.7 Å². The second-order valence-corrected chi connectivity index (χ2v) is 5.18. The first-order valence-corrected chi connectivity index (χ1v) is 6.62. The predicted octanol–water partition coefficient (Wildman–Crippen LogP) is 2.96. The minimum absolute atomic E-state index is 0.589. The van der Waals surface area contributed by atoms with Gasteiger partial charge in [-0.3, -0.25) is 4.98 Å². The maximum Gasteiger partial charge on any atom is 0.193 e. The molecular formula is C15H18N4O. The van der Waals surface area contributed by atoms with Crippen LogP contribution in [0.3, 0.4) is 0 Å². The molecule has 5 heteroatoms. The van der Waals surface area contributed by atoms with Gasteiger partial charge < -0.3 is 9.73 Å². The van der Waals surface area contributed by atoms with Gasteiger partial charge in [0, 0.05) is 12.1 Å². The molecule has 0 aliphatic rings. The van der Waals surface area contributed by atoms with Crippen LogP contribution in [0.5, 0.6) is 0 Å². The van der Waals surface area contributed by atoms with Crippen molar-refractivity contribution in [2.75, 3.05) is 5.32 Å². The van der Waals surface area contributed by atoms with Gasteiger partial charge in [-0.15, -0.1) is 0 Å². The fourth-order valence-electron chi connectivity index (χ4n) is 1.83. The molecule has 0 unspecified atom stereocenters. The van der Waals surface area contributed by atoms with Crippen molar-refractivity contribution in [1.82, 2.24) is 9.97 Å². The van der Waals surface area contributed by atoms with E-state index in [1.54, 1.807) is 18.7 Å². The summed E-state index contributed by atoms with van der Waals surface area (Å²) in [7, 11) is 0. The van der Waals surface area contributed by atoms with E-state index in [0.29, 0.717) is 0 Å². The van der Waals surface area contributed by atoms with Gasteiger partial charge in [-0.2, -0.15) is 5.26 Å². The zero-order valence-corrected chi connectivity index (χ0v) is 11.8. The molecule has 0 saturated carbocycles. The van der Waals surface area contributed by atoms with Crippen LogP contribution < -0.4 is 5.32 Å². The molecule has 2 rings (SSSR count). The molecular weight excluding hydrogens is 252 g/mol. The lowest BCUT2D eigenvalue weighted by molar-refractivity contribution is 0.486. The number of anilines is 1. The van der Waals surface area contributed by atoms with E-state index in [4.69, 9.17) is 9.68 Å². The van der Waals surface area contributed by atoms with Gasteiger partial charge in [-0.1, -0.05) is 0 Å². The Labute approximate surface area is 118 Å². The summed E-state index contributed by atoms with van der Waals surface area (Å²) in [6.07, 6.45) is 7.65. The number of oxazole rings is 1. The fourth-order valence-corrected chi connectivity index (χ4v) is 1.83. The molecule has 104 valence electrons. The Kier molecular flexibility index (Phi) is 4.36. The first-order chi connectivity index (χ1) is 9.59. The molecule has 2 heterocycles. The van der Waals surface area contributed by atoms with Crippen molar-refractivity contribution in [3.63, 3.8) is 0 Å². The third-order valence-electron chi connectivity index (χ3n) is 2.87. The highest BCUT2D eigenvalue weighted by Crippen LogP contribution is 2.14. The summed E-state index contributed by atoms with van der Waals surface area (Å²) in [5.41, 5.74) is 1.29. The molecule has 0 radical (unpaired) electrons. The van der Waals surface area contributed by atoms with Gasteiger partial charge in [0.2, 0.25) is 0 Å². The lowest BCUT2D eigenvalue weighted by Gasteiger charge is -2.18. The maximum atomic E-state index is 8.97. The SMILES string of the molecule is CC(C)(C#N)Nc1ccc(CCCc2ncco2)nc1. The van der Waals surface area contributed by atoms with E-state index in [1.807, 2.05) is 26.0 Å². The molecule has 5 nitrogen and oxygen atoms in total. The Morgan fingerprint density at radius 3 is 2.75 bits per heavy atom. The Hall–Kier alpha value is -2.35. The van der Waals surface area contributed by atoms with E-state index in [2.05, 4.69) is 21.4 Å². The Morgan fingerprint density at radius 1 is 1.30 bits per heavy atom. The number of hydrogen-bond donors (Lipinski definition) is 1. The number of rotatable bonds is 6. The molecule has 0 saturated heterocycles. The van der Waals surface area contributed by atoms with Crippen LogP contribution in [0, 0.1) is 11.3 Å². The van der Waals surface area contributed by atoms with E-state index >= 15 is 0 Å². The second-order valence-electron chi connectivity index (χ2n) is 5.18. The van der Waals surface area contributed by atoms with Crippen LogP contribution in [0.2, 0.25) is 0 Å². The van der Waals surface area contributed by atoms with Crippen LogP contribution in [0.25, 0.3) is 0 Å². The van der Waals surface area contributed by atoms with Gasteiger partial charge in [-0.25, -0.2) is 4.98 Å². The van der Waals surface area contributed by atoms with Gasteiger partial charge in [0.05, 0.1) is 24.2 Å². The molecule has 0 spiro atoms. The number of pyridine rings is 1. The van der Waals surface area contributed by atoms with Crippen LogP contribution in [-0.2, 0) is 12.8 Å². The van der Waals surface area contributed by atoms with Crippen molar-refractivity contribution in [3.8, 4) is 6.07 Å². The van der Waals surface area contributed by atoms with Crippen molar-refractivity contribution in [3.05, 3.63) is 42.4 Å². The average molecular weight is 270 g/mol. The number of nitrogens with one attached hydrogen (secondary N) is 1. The maximum absolute atomic E-state index is 8.97. The predicted molar refractivity (Wildman–Crippen MR) is 76.1 cm³/mol. The molecule has 1 N–H and O–H groups in total. The summed E-state index contributed by atoms with van der Waals surface area (Å²) in [6.45, 7) is 3.66. The molecule has 20 heavy (non-hydrogen) atoms. The summed E-state index contributed by atoms with van der Waals surface area (Å²) in [4.78, 5) is 8.48. The van der Waals surface area contributed by atoms with Crippen molar-refractivity contribution < 1.29 is 4.42 Å². The standard InChI is InChI=1S/C15H18N4O/c1-15(2,11-16)19-13-7-6-12(18-10-13)4-3-5-14-17-8-9-20-14/h6-10,19H,3-5H2,1-2H3. The highest BCUT2D eigenvalue weighted by atomic mass is 16.3. The number of hydrogen-bond acceptors (Lipinski definition) is 5. The smallest absolute Gasteiger partial charge is 0.193 e. The first-order valence-electron chi connectivity index (χ1n) is 6.62. The van der Waals surface area contributed by atoms with Gasteiger partial charge in [0.1, 0.15) is 11.8 Å². The van der Waals surface area contributed by atoms with Crippen LogP contribution in [-0.4, -0.2) is 15.5 Å². The lowest BCUT2D eigenvalue weighted by Crippen LogP contribution is -2.28. The summed E-state index contributed by atoms with van der Waals surface area (Å²) >= 11 is 0. The molecule has 0 bridgehead atoms. The van der Waals surface area contributed by atoms with E-state index in [0.717, 1.165) is 36.5 Å². The van der Waals surface area contributed by atoms with E-state index in [-0.39, 0.29) is 0 Å². The third-order valence-corrected chi connectivity index (χ3v) is 2.87. The summed E-state index contributed by atoms with van der Waals surface area (Å²) in [5, 5.41) is 12.1. The molecule has 0 aromatic carbocycles. The monoisotopic (exact) mass is 270 g/mol. The van der Waals surface area contributed by atoms with Crippen LogP contribution in [0.4, 0.5) is 5.69 Å². The molecule has 2 aromatic heterocycles. The van der Waals surface area contributed by atoms with Crippen LogP contribution in [0.1, 0.15) is 31.9 Å². The van der Waals surface area contributed by atoms with Crippen LogP contribution in [0.15, 0.2) is 35.2 Å². The molecule has 0 fully saturated rings. The zero-order valence-electron chi connectivity index (χ0n) is 11.8. The largest absolute Gasteiger partial charge is 0.449 e. The highest BCUT2D eigenvalue weighted by molar-refractivity contribution is 5.45. The Morgan fingerprint density at radius 2 is 2.15 bits per heavy atom. The number of aromatic nitrogens is 2. The van der Waals surface area contributed by atoms with Gasteiger partial charge in [0.15, 0.2) is 5.89 Å². The molecule has 0 amide bonds. The highest BCUT2D eigenvalue weighted by Gasteiger charge is 2.15. The van der Waals surface area contributed by atoms with Crippen LogP contribution >= 0.6 is 0 Å². The normalized spacial score (nSPS) is 11.1. The van der Waals surface area contributed by atoms with Gasteiger partial charge in [-0.05, 0) is 38.8 Å². The summed E-state index contributed by atoms with van der Waals surface area (Å²) in [6, 6.07) is 6.13. The number of nitriles is 1. The molecule has 0 aliphatic carbocycles. The molecule has 2 aromatic rings. The van der Waals surface area contributed by atoms with E-state index in [1.165, 1.54) is 0 Å². The van der Waals surface area contributed by atoms with E-state index in [9.17, 15) is 0 Å². The van der Waals surface area contributed by atoms with Crippen molar-refractivity contribution >= 4 is 5.69 Å². The first kappa shape index (κ1) is 14.1. The quantitative estimate of drug-likeness (QED) is 0.873. The lowest BCUT2D eigenvalue weighted by atomic mass is 10.1. The van der Waals surface area contributed by atoms with Gasteiger partial charge in [0.25, 0.3) is 0 Å². The van der Waals surface area contributed by atoms with Gasteiger partial charge >= 0.3 is 0 Å². The second kappa shape index (κ2) is 6.20. The minimum atomic E-state index is -0.589. The van der Waals surface area contributed by atoms with Crippen molar-refractivity contribution in [2.24, 2.45) is 0 Å². The zero-order chi connectivity index (χ0) is 14.4. The molecule has 0 atom stereocenters. The minimum Gasteiger partial charge on any atom is -0.449 e. The Balaban J connectivity index is 1.84. The third kappa shape index (κ3) is 4.09. The van der Waals surface area contributed by atoms with Crippen molar-refractivity contribution in [1.29, 1.82) is 5.26 Å². The fraction of sp³-hybridized carbons (Fsp3) is 0.400. The average Bonchev–Trinajstić information content (AvgIpc) is 2.94. The Bertz CT molecular complexity index is 567. The summed E-state index contributed by atoms with van der Waals surface area (Å²) in [5.74, 6) is 0.763. The van der Waals surface area contributed by atoms with Crippen molar-refractivity contribution in [2.45, 2.75) is 38.6 Å².